The highest BCUT2D eigenvalue weighted by Crippen LogP contribution is 2.10. The summed E-state index contributed by atoms with van der Waals surface area (Å²) in [5.41, 5.74) is 0. The van der Waals surface area contributed by atoms with Gasteiger partial charge < -0.3 is 0 Å². The Hall–Kier alpha value is 1.06. The van der Waals surface area contributed by atoms with Gasteiger partial charge in [0, 0.05) is 0 Å². The van der Waals surface area contributed by atoms with Crippen molar-refractivity contribution in [1.29, 1.82) is 0 Å². The maximum absolute atomic E-state index is 2.40. The lowest BCUT2D eigenvalue weighted by Gasteiger charge is -2.03. The molecular weight excluding hydrogens is 144 g/mol. The molecule has 0 amide bonds. The summed E-state index contributed by atoms with van der Waals surface area (Å²) < 4.78 is 1.09. The average molecular weight is 161 g/mol. The molecule has 0 aromatic carbocycles. The lowest BCUT2D eigenvalue weighted by molar-refractivity contribution is 0.697. The van der Waals surface area contributed by atoms with Crippen LogP contribution >= 0.6 is 12.4 Å². The van der Waals surface area contributed by atoms with E-state index in [0.29, 0.717) is 20.4 Å². The van der Waals surface area contributed by atoms with Crippen LogP contribution in [0.25, 0.3) is 0 Å². The van der Waals surface area contributed by atoms with E-state index in [1.54, 1.807) is 0 Å². The van der Waals surface area contributed by atoms with Crippen molar-refractivity contribution in [2.75, 3.05) is 0 Å². The Morgan fingerprint density at radius 2 is 2.00 bits per heavy atom. The Kier molecular flexibility index (Phi) is 12.8. The Morgan fingerprint density at radius 1 is 1.44 bits per heavy atom. The molecule has 0 radical (unpaired) electrons. The Morgan fingerprint density at radius 3 is 2.33 bits per heavy atom. The summed E-state index contributed by atoms with van der Waals surface area (Å²) in [4.78, 5) is 0. The van der Waals surface area contributed by atoms with Gasteiger partial charge >= 0.3 is 20.4 Å². The molecule has 0 heterocycles. The third kappa shape index (κ3) is 9.06. The van der Waals surface area contributed by atoms with Gasteiger partial charge in [-0.05, 0) is 0 Å². The molecule has 1 unspecified atom stereocenters. The van der Waals surface area contributed by atoms with Gasteiger partial charge in [0.05, 0.1) is 0 Å². The SMILES string of the molecule is CCCC[CH](C)[Mg][CH3].Cl. The largest absolute Gasteiger partial charge is 0.364 e. The summed E-state index contributed by atoms with van der Waals surface area (Å²) in [5, 5.41) is 2.40. The Bertz CT molecular complexity index is 48.2. The first-order valence-corrected chi connectivity index (χ1v) is 6.04. The lowest BCUT2D eigenvalue weighted by atomic mass is 10.2. The molecule has 0 N–H and O–H groups in total. The molecular formula is C7H17ClMg. The van der Waals surface area contributed by atoms with Gasteiger partial charge in [-0.25, -0.2) is 0 Å². The van der Waals surface area contributed by atoms with Crippen molar-refractivity contribution >= 4 is 32.8 Å². The zero-order valence-corrected chi connectivity index (χ0v) is 9.04. The summed E-state index contributed by atoms with van der Waals surface area (Å²) in [6.07, 6.45) is 4.31. The summed E-state index contributed by atoms with van der Waals surface area (Å²) in [5.74, 6) is 0. The zero-order chi connectivity index (χ0) is 6.41. The van der Waals surface area contributed by atoms with E-state index in [-0.39, 0.29) is 12.4 Å². The summed E-state index contributed by atoms with van der Waals surface area (Å²) in [6, 6.07) is 0. The van der Waals surface area contributed by atoms with Crippen LogP contribution in [0.5, 0.6) is 0 Å². The van der Waals surface area contributed by atoms with Gasteiger partial charge in [0.15, 0.2) is 0 Å². The molecule has 0 saturated heterocycles. The van der Waals surface area contributed by atoms with Crippen LogP contribution < -0.4 is 0 Å². The quantitative estimate of drug-likeness (QED) is 0.555. The normalized spacial score (nSPS) is 11.4. The van der Waals surface area contributed by atoms with Crippen molar-refractivity contribution in [1.82, 2.24) is 0 Å². The average Bonchev–Trinajstić information content (AvgIpc) is 1.83. The summed E-state index contributed by atoms with van der Waals surface area (Å²) >= 11 is 0.318. The van der Waals surface area contributed by atoms with Crippen LogP contribution in [-0.4, -0.2) is 20.4 Å². The standard InChI is InChI=1S/C6H13.CH3.ClH.Mg/c1-3-5-6-4-2;;;/h3H,4-6H2,1-2H3;1H3;1H;. The molecule has 0 spiro atoms. The minimum atomic E-state index is 0. The van der Waals surface area contributed by atoms with E-state index in [1.165, 1.54) is 19.3 Å². The first-order valence-electron chi connectivity index (χ1n) is 3.81. The molecule has 9 heavy (non-hydrogen) atoms. The Labute approximate surface area is 74.9 Å². The lowest BCUT2D eigenvalue weighted by Crippen LogP contribution is -1.92. The van der Waals surface area contributed by atoms with Crippen molar-refractivity contribution in [3.63, 3.8) is 0 Å². The molecule has 0 aliphatic heterocycles. The van der Waals surface area contributed by atoms with E-state index in [2.05, 4.69) is 18.9 Å². The van der Waals surface area contributed by atoms with Gasteiger partial charge in [-0.15, -0.1) is 16.5 Å². The van der Waals surface area contributed by atoms with Gasteiger partial charge in [0.25, 0.3) is 0 Å². The predicted octanol–water partition coefficient (Wildman–Crippen LogP) is 3.16. The predicted molar refractivity (Wildman–Crippen MR) is 47.8 cm³/mol. The molecule has 0 aromatic rings. The first-order chi connectivity index (χ1) is 3.81. The molecule has 0 saturated carbocycles. The smallest absolute Gasteiger partial charge is 0.157 e. The fraction of sp³-hybridized carbons (Fsp3) is 1.00. The van der Waals surface area contributed by atoms with Crippen LogP contribution in [0.2, 0.25) is 9.10 Å². The fourth-order valence-corrected chi connectivity index (χ4v) is 1.45. The minimum absolute atomic E-state index is 0. The summed E-state index contributed by atoms with van der Waals surface area (Å²) in [7, 11) is 0. The second-order valence-electron chi connectivity index (χ2n) is 2.66. The van der Waals surface area contributed by atoms with Gasteiger partial charge in [-0.3, -0.25) is 0 Å². The van der Waals surface area contributed by atoms with Crippen molar-refractivity contribution < 1.29 is 0 Å². The zero-order valence-electron chi connectivity index (χ0n) is 6.81. The molecule has 0 bridgehead atoms. The number of unbranched alkanes of at least 4 members (excludes halogenated alkanes) is 1. The third-order valence-corrected chi connectivity index (χ3v) is 3.55. The highest BCUT2D eigenvalue weighted by Gasteiger charge is 1.98. The van der Waals surface area contributed by atoms with E-state index < -0.39 is 0 Å². The van der Waals surface area contributed by atoms with Crippen molar-refractivity contribution in [3.8, 4) is 0 Å². The number of rotatable bonds is 4. The van der Waals surface area contributed by atoms with Crippen LogP contribution in [0.4, 0.5) is 0 Å². The van der Waals surface area contributed by atoms with Crippen molar-refractivity contribution in [2.24, 2.45) is 0 Å². The van der Waals surface area contributed by atoms with Crippen LogP contribution in [0, 0.1) is 0 Å². The third-order valence-electron chi connectivity index (χ3n) is 1.75. The second kappa shape index (κ2) is 9.06. The van der Waals surface area contributed by atoms with Gasteiger partial charge in [-0.2, -0.15) is 5.05 Å². The second-order valence-corrected chi connectivity index (χ2v) is 4.87. The maximum atomic E-state index is 2.40. The number of hydrogen-bond donors (Lipinski definition) is 0. The van der Waals surface area contributed by atoms with Crippen LogP contribution in [-0.2, 0) is 0 Å². The molecule has 0 aliphatic rings. The molecule has 54 valence electrons. The van der Waals surface area contributed by atoms with E-state index in [0.717, 1.165) is 4.05 Å². The van der Waals surface area contributed by atoms with E-state index in [1.807, 2.05) is 0 Å². The molecule has 0 rings (SSSR count). The minimum Gasteiger partial charge on any atom is -0.157 e. The molecule has 0 aliphatic carbocycles. The van der Waals surface area contributed by atoms with Crippen molar-refractivity contribution in [3.05, 3.63) is 0 Å². The topological polar surface area (TPSA) is 0 Å². The molecule has 0 nitrogen and oxygen atoms in total. The van der Waals surface area contributed by atoms with Gasteiger partial charge in [-0.1, -0.05) is 33.1 Å². The number of halogens is 1. The molecule has 0 fully saturated rings. The fourth-order valence-electron chi connectivity index (χ4n) is 0.757. The number of hydrogen-bond acceptors (Lipinski definition) is 0. The van der Waals surface area contributed by atoms with E-state index >= 15 is 0 Å². The maximum Gasteiger partial charge on any atom is 0.364 e. The van der Waals surface area contributed by atoms with Gasteiger partial charge in [0.1, 0.15) is 0 Å². The highest BCUT2D eigenvalue weighted by atomic mass is 35.5. The summed E-state index contributed by atoms with van der Waals surface area (Å²) in [6.45, 7) is 4.66. The van der Waals surface area contributed by atoms with Gasteiger partial charge in [0.2, 0.25) is 0 Å². The Balaban J connectivity index is 0. The monoisotopic (exact) mass is 160 g/mol. The van der Waals surface area contributed by atoms with Crippen LogP contribution in [0.15, 0.2) is 0 Å². The molecule has 2 heteroatoms. The van der Waals surface area contributed by atoms with Crippen LogP contribution in [0.3, 0.4) is 0 Å². The van der Waals surface area contributed by atoms with E-state index in [4.69, 9.17) is 0 Å². The molecule has 1 atom stereocenters. The van der Waals surface area contributed by atoms with Crippen molar-refractivity contribution in [2.45, 2.75) is 42.2 Å². The highest BCUT2D eigenvalue weighted by molar-refractivity contribution is 6.35. The van der Waals surface area contributed by atoms with E-state index in [9.17, 15) is 0 Å². The van der Waals surface area contributed by atoms with Crippen LogP contribution in [0.1, 0.15) is 33.1 Å². The first kappa shape index (κ1) is 12.7. The molecule has 0 aromatic heterocycles.